The molecule has 0 aliphatic rings. The summed E-state index contributed by atoms with van der Waals surface area (Å²) in [7, 11) is 0. The number of hydrogen-bond donors (Lipinski definition) is 1. The number of nitrogens with zero attached hydrogens (tertiary/aromatic N) is 2. The second-order valence-corrected chi connectivity index (χ2v) is 4.77. The maximum atomic E-state index is 4.22. The minimum atomic E-state index is 0. The van der Waals surface area contributed by atoms with Gasteiger partial charge in [0.1, 0.15) is 0 Å². The summed E-state index contributed by atoms with van der Waals surface area (Å²) in [6.07, 6.45) is 0.963. The van der Waals surface area contributed by atoms with Crippen LogP contribution in [-0.4, -0.2) is 15.4 Å². The van der Waals surface area contributed by atoms with E-state index in [9.17, 15) is 0 Å². The van der Waals surface area contributed by atoms with Gasteiger partial charge in [-0.05, 0) is 0 Å². The predicted octanol–water partition coefficient (Wildman–Crippen LogP) is 4.31. The summed E-state index contributed by atoms with van der Waals surface area (Å²) in [6, 6.07) is 22.5. The Kier molecular flexibility index (Phi) is 5.70. The molecule has 3 aromatic carbocycles. The number of aromatic amines is 1. The summed E-state index contributed by atoms with van der Waals surface area (Å²) in [6.45, 7) is 2.15. The van der Waals surface area contributed by atoms with Gasteiger partial charge in [0.25, 0.3) is 0 Å². The van der Waals surface area contributed by atoms with Gasteiger partial charge in [-0.25, -0.2) is 12.1 Å². The van der Waals surface area contributed by atoms with Gasteiger partial charge in [-0.15, -0.1) is 23.8 Å². The van der Waals surface area contributed by atoms with Crippen molar-refractivity contribution < 1.29 is 17.1 Å². The van der Waals surface area contributed by atoms with Crippen LogP contribution in [0.15, 0.2) is 66.7 Å². The SMILES string of the molecule is CCc1c(-[c-]2cccc2)ccc2n[nH]nc12.[Fe+2].c1cc[cH-]c1. The molecule has 0 atom stereocenters. The van der Waals surface area contributed by atoms with E-state index in [1.807, 2.05) is 36.4 Å². The average molecular weight is 331 g/mol. The summed E-state index contributed by atoms with van der Waals surface area (Å²) in [5.74, 6) is 0. The zero-order valence-electron chi connectivity index (χ0n) is 12.3. The fraction of sp³-hybridized carbons (Fsp3) is 0.111. The predicted molar refractivity (Wildman–Crippen MR) is 86.3 cm³/mol. The van der Waals surface area contributed by atoms with Gasteiger partial charge in [0.2, 0.25) is 0 Å². The zero-order chi connectivity index (χ0) is 14.5. The molecule has 0 unspecified atom stereocenters. The Hall–Kier alpha value is -2.16. The van der Waals surface area contributed by atoms with E-state index in [4.69, 9.17) is 0 Å². The molecule has 0 bridgehead atoms. The van der Waals surface area contributed by atoms with Gasteiger partial charge in [-0.1, -0.05) is 30.5 Å². The minimum Gasteiger partial charge on any atom is -0.214 e. The minimum absolute atomic E-state index is 0. The molecule has 0 radical (unpaired) electrons. The Balaban J connectivity index is 0.000000253. The number of benzene rings is 1. The van der Waals surface area contributed by atoms with Gasteiger partial charge in [-0.3, -0.25) is 0 Å². The molecular formula is C18H17FeN3. The molecule has 1 N–H and O–H groups in total. The van der Waals surface area contributed by atoms with Crippen molar-refractivity contribution >= 4 is 11.0 Å². The van der Waals surface area contributed by atoms with Crippen LogP contribution in [0.4, 0.5) is 0 Å². The van der Waals surface area contributed by atoms with Gasteiger partial charge in [-0.2, -0.15) is 45.7 Å². The Labute approximate surface area is 140 Å². The van der Waals surface area contributed by atoms with Crippen molar-refractivity contribution in [1.29, 1.82) is 0 Å². The summed E-state index contributed by atoms with van der Waals surface area (Å²) < 4.78 is 0. The van der Waals surface area contributed by atoms with Crippen LogP contribution in [0.25, 0.3) is 22.2 Å². The van der Waals surface area contributed by atoms with Gasteiger partial charge >= 0.3 is 17.1 Å². The number of H-pyrrole nitrogens is 1. The summed E-state index contributed by atoms with van der Waals surface area (Å²) >= 11 is 0. The first-order chi connectivity index (χ1) is 10.4. The standard InChI is InChI=1S/C13H12N3.C5H5.Fe/c1-2-10-11(9-5-3-4-6-9)7-8-12-13(10)15-16-14-12;1-2-4-5-3-1;/h3-8H,2H2,1H3,(H,14,15,16);1-5H;/q2*-1;+2. The Morgan fingerprint density at radius 1 is 1.05 bits per heavy atom. The summed E-state index contributed by atoms with van der Waals surface area (Å²) in [5.41, 5.74) is 5.70. The average Bonchev–Trinajstić information content (AvgIpc) is 3.29. The fourth-order valence-electron chi connectivity index (χ4n) is 2.47. The molecule has 0 aliphatic carbocycles. The van der Waals surface area contributed by atoms with E-state index in [2.05, 4.69) is 52.7 Å². The molecule has 22 heavy (non-hydrogen) atoms. The van der Waals surface area contributed by atoms with E-state index in [1.54, 1.807) is 0 Å². The molecule has 0 saturated heterocycles. The second-order valence-electron chi connectivity index (χ2n) is 4.77. The molecule has 0 amide bonds. The van der Waals surface area contributed by atoms with Crippen molar-refractivity contribution in [3.8, 4) is 11.1 Å². The van der Waals surface area contributed by atoms with Crippen molar-refractivity contribution in [3.63, 3.8) is 0 Å². The number of hydrogen-bond acceptors (Lipinski definition) is 2. The third kappa shape index (κ3) is 3.35. The number of aromatic nitrogens is 3. The number of rotatable bonds is 2. The van der Waals surface area contributed by atoms with Crippen molar-refractivity contribution in [2.24, 2.45) is 0 Å². The molecule has 112 valence electrons. The smallest absolute Gasteiger partial charge is 0.214 e. The molecule has 1 heterocycles. The molecule has 0 saturated carbocycles. The fourth-order valence-corrected chi connectivity index (χ4v) is 2.47. The van der Waals surface area contributed by atoms with Crippen LogP contribution in [0.2, 0.25) is 0 Å². The quantitative estimate of drug-likeness (QED) is 0.439. The molecule has 4 heteroatoms. The molecule has 3 nitrogen and oxygen atoms in total. The van der Waals surface area contributed by atoms with Crippen LogP contribution in [0.5, 0.6) is 0 Å². The monoisotopic (exact) mass is 331 g/mol. The first kappa shape index (κ1) is 16.2. The molecule has 0 fully saturated rings. The third-order valence-electron chi connectivity index (χ3n) is 3.48. The largest absolute Gasteiger partial charge is 2.00 e. The number of nitrogens with one attached hydrogen (secondary N) is 1. The Morgan fingerprint density at radius 3 is 2.36 bits per heavy atom. The topological polar surface area (TPSA) is 41.6 Å². The second kappa shape index (κ2) is 7.74. The van der Waals surface area contributed by atoms with Crippen LogP contribution < -0.4 is 0 Å². The first-order valence-electron chi connectivity index (χ1n) is 7.11. The maximum absolute atomic E-state index is 4.22. The summed E-state index contributed by atoms with van der Waals surface area (Å²) in [4.78, 5) is 0. The van der Waals surface area contributed by atoms with Crippen LogP contribution >= 0.6 is 0 Å². The normalized spacial score (nSPS) is 9.86. The van der Waals surface area contributed by atoms with Crippen LogP contribution in [-0.2, 0) is 23.5 Å². The van der Waals surface area contributed by atoms with Crippen molar-refractivity contribution in [2.75, 3.05) is 0 Å². The third-order valence-corrected chi connectivity index (χ3v) is 3.48. The number of aryl methyl sites for hydroxylation is 1. The first-order valence-corrected chi connectivity index (χ1v) is 7.11. The summed E-state index contributed by atoms with van der Waals surface area (Å²) in [5, 5.41) is 11.0. The van der Waals surface area contributed by atoms with Crippen LogP contribution in [0, 0.1) is 0 Å². The van der Waals surface area contributed by atoms with E-state index in [0.29, 0.717) is 0 Å². The molecule has 0 spiro atoms. The molecular weight excluding hydrogens is 314 g/mol. The van der Waals surface area contributed by atoms with E-state index >= 15 is 0 Å². The van der Waals surface area contributed by atoms with Crippen LogP contribution in [0.3, 0.4) is 0 Å². The molecule has 0 aliphatic heterocycles. The van der Waals surface area contributed by atoms with Crippen molar-refractivity contribution in [2.45, 2.75) is 13.3 Å². The van der Waals surface area contributed by atoms with Gasteiger partial charge < -0.3 is 0 Å². The zero-order valence-corrected chi connectivity index (χ0v) is 13.4. The number of fused-ring (bicyclic) bond motifs is 1. The maximum Gasteiger partial charge on any atom is 2.00 e. The van der Waals surface area contributed by atoms with E-state index in [-0.39, 0.29) is 17.1 Å². The van der Waals surface area contributed by atoms with Gasteiger partial charge in [0.15, 0.2) is 0 Å². The molecule has 4 aromatic rings. The Bertz CT molecular complexity index is 766. The van der Waals surface area contributed by atoms with E-state index < -0.39 is 0 Å². The van der Waals surface area contributed by atoms with Gasteiger partial charge in [0, 0.05) is 0 Å². The molecule has 4 rings (SSSR count). The van der Waals surface area contributed by atoms with E-state index in [0.717, 1.165) is 17.5 Å². The molecule has 1 aromatic heterocycles. The van der Waals surface area contributed by atoms with Crippen molar-refractivity contribution in [1.82, 2.24) is 15.4 Å². The Morgan fingerprint density at radius 2 is 1.77 bits per heavy atom. The van der Waals surface area contributed by atoms with Crippen molar-refractivity contribution in [3.05, 3.63) is 72.3 Å². The van der Waals surface area contributed by atoms with E-state index in [1.165, 1.54) is 16.7 Å². The van der Waals surface area contributed by atoms with Gasteiger partial charge in [0.05, 0.1) is 11.0 Å². The van der Waals surface area contributed by atoms with Crippen LogP contribution in [0.1, 0.15) is 12.5 Å².